The maximum atomic E-state index is 12.6. The summed E-state index contributed by atoms with van der Waals surface area (Å²) in [5.41, 5.74) is 6.98. The average molecular weight is 279 g/mol. The number of benzene rings is 2. The SMILES string of the molecule is Cc1cc(N)ccc1N=Nc1cccc(C(F)(F)F)c1. The maximum absolute atomic E-state index is 12.6. The summed E-state index contributed by atoms with van der Waals surface area (Å²) < 4.78 is 37.7. The summed E-state index contributed by atoms with van der Waals surface area (Å²) in [6.07, 6.45) is -4.39. The minimum absolute atomic E-state index is 0.149. The van der Waals surface area contributed by atoms with E-state index < -0.39 is 11.7 Å². The first kappa shape index (κ1) is 14.0. The fraction of sp³-hybridized carbons (Fsp3) is 0.143. The van der Waals surface area contributed by atoms with Gasteiger partial charge in [-0.2, -0.15) is 23.4 Å². The quantitative estimate of drug-likeness (QED) is 0.609. The lowest BCUT2D eigenvalue weighted by molar-refractivity contribution is -0.137. The van der Waals surface area contributed by atoms with Crippen molar-refractivity contribution in [2.24, 2.45) is 10.2 Å². The molecule has 3 nitrogen and oxygen atoms in total. The van der Waals surface area contributed by atoms with Crippen LogP contribution in [0, 0.1) is 6.92 Å². The van der Waals surface area contributed by atoms with Crippen LogP contribution in [0.4, 0.5) is 30.2 Å². The zero-order chi connectivity index (χ0) is 14.8. The Morgan fingerprint density at radius 2 is 1.75 bits per heavy atom. The summed E-state index contributed by atoms with van der Waals surface area (Å²) in [5, 5.41) is 7.77. The van der Waals surface area contributed by atoms with Gasteiger partial charge in [0.05, 0.1) is 16.9 Å². The van der Waals surface area contributed by atoms with Gasteiger partial charge in [0.1, 0.15) is 0 Å². The fourth-order valence-corrected chi connectivity index (χ4v) is 1.65. The molecule has 0 bridgehead atoms. The normalized spacial score (nSPS) is 12.0. The first-order valence-corrected chi connectivity index (χ1v) is 5.81. The molecule has 0 aliphatic heterocycles. The van der Waals surface area contributed by atoms with E-state index in [0.29, 0.717) is 11.4 Å². The van der Waals surface area contributed by atoms with E-state index in [-0.39, 0.29) is 5.69 Å². The van der Waals surface area contributed by atoms with Gasteiger partial charge in [0, 0.05) is 5.69 Å². The molecule has 0 spiro atoms. The van der Waals surface area contributed by atoms with E-state index in [2.05, 4.69) is 10.2 Å². The Hall–Kier alpha value is -2.37. The average Bonchev–Trinajstić information content (AvgIpc) is 2.37. The third kappa shape index (κ3) is 3.34. The van der Waals surface area contributed by atoms with Gasteiger partial charge < -0.3 is 5.73 Å². The van der Waals surface area contributed by atoms with E-state index in [1.165, 1.54) is 12.1 Å². The lowest BCUT2D eigenvalue weighted by Crippen LogP contribution is -2.03. The van der Waals surface area contributed by atoms with Crippen LogP contribution in [0.1, 0.15) is 11.1 Å². The van der Waals surface area contributed by atoms with Crippen molar-refractivity contribution in [2.75, 3.05) is 5.73 Å². The van der Waals surface area contributed by atoms with Crippen LogP contribution in [0.25, 0.3) is 0 Å². The highest BCUT2D eigenvalue weighted by atomic mass is 19.4. The van der Waals surface area contributed by atoms with Crippen LogP contribution in [-0.2, 0) is 6.18 Å². The molecule has 0 radical (unpaired) electrons. The second-order valence-corrected chi connectivity index (χ2v) is 4.29. The van der Waals surface area contributed by atoms with Gasteiger partial charge in [0.25, 0.3) is 0 Å². The number of alkyl halides is 3. The fourth-order valence-electron chi connectivity index (χ4n) is 1.65. The van der Waals surface area contributed by atoms with Crippen LogP contribution in [0.3, 0.4) is 0 Å². The molecule has 104 valence electrons. The molecule has 0 aromatic heterocycles. The zero-order valence-corrected chi connectivity index (χ0v) is 10.6. The van der Waals surface area contributed by atoms with Crippen molar-refractivity contribution in [1.82, 2.24) is 0 Å². The lowest BCUT2D eigenvalue weighted by Gasteiger charge is -2.06. The van der Waals surface area contributed by atoms with Crippen molar-refractivity contribution in [2.45, 2.75) is 13.1 Å². The second-order valence-electron chi connectivity index (χ2n) is 4.29. The van der Waals surface area contributed by atoms with Gasteiger partial charge >= 0.3 is 6.18 Å². The van der Waals surface area contributed by atoms with Gasteiger partial charge in [-0.3, -0.25) is 0 Å². The van der Waals surface area contributed by atoms with Crippen molar-refractivity contribution >= 4 is 17.1 Å². The molecule has 0 saturated carbocycles. The number of rotatable bonds is 2. The molecule has 0 amide bonds. The topological polar surface area (TPSA) is 50.7 Å². The minimum atomic E-state index is -4.39. The number of hydrogen-bond acceptors (Lipinski definition) is 3. The molecule has 6 heteroatoms. The first-order chi connectivity index (χ1) is 9.36. The van der Waals surface area contributed by atoms with Crippen molar-refractivity contribution in [3.8, 4) is 0 Å². The molecule has 2 N–H and O–H groups in total. The van der Waals surface area contributed by atoms with Crippen LogP contribution >= 0.6 is 0 Å². The highest BCUT2D eigenvalue weighted by Crippen LogP contribution is 2.32. The summed E-state index contributed by atoms with van der Waals surface area (Å²) >= 11 is 0. The minimum Gasteiger partial charge on any atom is -0.399 e. The van der Waals surface area contributed by atoms with Crippen LogP contribution in [-0.4, -0.2) is 0 Å². The molecule has 0 unspecified atom stereocenters. The van der Waals surface area contributed by atoms with E-state index in [0.717, 1.165) is 17.7 Å². The molecule has 20 heavy (non-hydrogen) atoms. The number of nitrogens with zero attached hydrogens (tertiary/aromatic N) is 2. The van der Waals surface area contributed by atoms with E-state index >= 15 is 0 Å². The Bertz CT molecular complexity index is 648. The number of nitrogen functional groups attached to an aromatic ring is 1. The highest BCUT2D eigenvalue weighted by molar-refractivity contribution is 5.54. The number of aryl methyl sites for hydroxylation is 1. The van der Waals surface area contributed by atoms with E-state index in [1.807, 2.05) is 0 Å². The standard InChI is InChI=1S/C14H12F3N3/c1-9-7-11(18)5-6-13(9)20-19-12-4-2-3-10(8-12)14(15,16)17/h2-8H,18H2,1H3. The Balaban J connectivity index is 2.28. The van der Waals surface area contributed by atoms with Crippen molar-refractivity contribution in [3.63, 3.8) is 0 Å². The van der Waals surface area contributed by atoms with Crippen molar-refractivity contribution in [1.29, 1.82) is 0 Å². The number of hydrogen-bond donors (Lipinski definition) is 1. The molecule has 0 fully saturated rings. The van der Waals surface area contributed by atoms with Gasteiger partial charge in [0.2, 0.25) is 0 Å². The molecular weight excluding hydrogens is 267 g/mol. The maximum Gasteiger partial charge on any atom is 0.416 e. The van der Waals surface area contributed by atoms with Crippen LogP contribution < -0.4 is 5.73 Å². The second kappa shape index (κ2) is 5.32. The van der Waals surface area contributed by atoms with Gasteiger partial charge in [0.15, 0.2) is 0 Å². The molecule has 0 saturated heterocycles. The summed E-state index contributed by atoms with van der Waals surface area (Å²) in [5.74, 6) is 0. The van der Waals surface area contributed by atoms with Gasteiger partial charge in [-0.15, -0.1) is 0 Å². The molecule has 2 aromatic rings. The predicted molar refractivity (Wildman–Crippen MR) is 71.2 cm³/mol. The third-order valence-corrected chi connectivity index (χ3v) is 2.67. The summed E-state index contributed by atoms with van der Waals surface area (Å²) in [6, 6.07) is 9.76. The van der Waals surface area contributed by atoms with Crippen LogP contribution in [0.15, 0.2) is 52.7 Å². The smallest absolute Gasteiger partial charge is 0.399 e. The van der Waals surface area contributed by atoms with E-state index in [4.69, 9.17) is 5.73 Å². The number of azo groups is 1. The van der Waals surface area contributed by atoms with E-state index in [9.17, 15) is 13.2 Å². The van der Waals surface area contributed by atoms with Crippen molar-refractivity contribution < 1.29 is 13.2 Å². The summed E-state index contributed by atoms with van der Waals surface area (Å²) in [7, 11) is 0. The monoisotopic (exact) mass is 279 g/mol. The van der Waals surface area contributed by atoms with Gasteiger partial charge in [-0.1, -0.05) is 6.07 Å². The molecule has 0 aliphatic carbocycles. The number of nitrogens with two attached hydrogens (primary N) is 1. The van der Waals surface area contributed by atoms with Crippen LogP contribution in [0.5, 0.6) is 0 Å². The summed E-state index contributed by atoms with van der Waals surface area (Å²) in [6.45, 7) is 1.80. The third-order valence-electron chi connectivity index (χ3n) is 2.67. The largest absolute Gasteiger partial charge is 0.416 e. The predicted octanol–water partition coefficient (Wildman–Crippen LogP) is 5.01. The Kier molecular flexibility index (Phi) is 3.74. The van der Waals surface area contributed by atoms with Gasteiger partial charge in [-0.25, -0.2) is 0 Å². The molecule has 0 heterocycles. The zero-order valence-electron chi connectivity index (χ0n) is 10.6. The van der Waals surface area contributed by atoms with Crippen molar-refractivity contribution in [3.05, 3.63) is 53.6 Å². The lowest BCUT2D eigenvalue weighted by atomic mass is 10.2. The Morgan fingerprint density at radius 1 is 1.00 bits per heavy atom. The number of anilines is 1. The Morgan fingerprint density at radius 3 is 2.40 bits per heavy atom. The molecule has 0 atom stereocenters. The van der Waals surface area contributed by atoms with Gasteiger partial charge in [-0.05, 0) is 48.9 Å². The summed E-state index contributed by atoms with van der Waals surface area (Å²) in [4.78, 5) is 0. The Labute approximate surface area is 114 Å². The van der Waals surface area contributed by atoms with Crippen LogP contribution in [0.2, 0.25) is 0 Å². The number of halogens is 3. The van der Waals surface area contributed by atoms with E-state index in [1.54, 1.807) is 25.1 Å². The first-order valence-electron chi connectivity index (χ1n) is 5.81. The molecule has 2 aromatic carbocycles. The molecule has 2 rings (SSSR count). The molecular formula is C14H12F3N3. The highest BCUT2D eigenvalue weighted by Gasteiger charge is 2.30. The molecule has 0 aliphatic rings.